The van der Waals surface area contributed by atoms with E-state index in [2.05, 4.69) is 5.10 Å². The van der Waals surface area contributed by atoms with Crippen molar-refractivity contribution in [2.24, 2.45) is 5.73 Å². The Labute approximate surface area is 102 Å². The fourth-order valence-corrected chi connectivity index (χ4v) is 1.99. The van der Waals surface area contributed by atoms with Gasteiger partial charge < -0.3 is 10.5 Å². The molecule has 1 aromatic heterocycles. The van der Waals surface area contributed by atoms with Crippen molar-refractivity contribution in [2.45, 2.75) is 38.4 Å². The van der Waals surface area contributed by atoms with Gasteiger partial charge in [0, 0.05) is 19.9 Å². The van der Waals surface area contributed by atoms with Gasteiger partial charge in [-0.1, -0.05) is 6.92 Å². The minimum atomic E-state index is -1.49. The zero-order chi connectivity index (χ0) is 12.7. The molecule has 17 heavy (non-hydrogen) atoms. The van der Waals surface area contributed by atoms with Crippen LogP contribution in [0.1, 0.15) is 31.9 Å². The van der Waals surface area contributed by atoms with Crippen LogP contribution in [0.15, 0.2) is 12.3 Å². The highest BCUT2D eigenvalue weighted by molar-refractivity contribution is 5.12. The molecule has 1 heterocycles. The van der Waals surface area contributed by atoms with E-state index in [1.807, 2.05) is 6.92 Å². The van der Waals surface area contributed by atoms with Crippen molar-refractivity contribution < 1.29 is 9.13 Å². The van der Waals surface area contributed by atoms with Gasteiger partial charge in [0.25, 0.3) is 0 Å². The van der Waals surface area contributed by atoms with Crippen LogP contribution in [0.3, 0.4) is 0 Å². The summed E-state index contributed by atoms with van der Waals surface area (Å²) in [5, 5.41) is 4.15. The fourth-order valence-electron chi connectivity index (χ4n) is 1.99. The van der Waals surface area contributed by atoms with Gasteiger partial charge >= 0.3 is 0 Å². The van der Waals surface area contributed by atoms with Gasteiger partial charge in [-0.2, -0.15) is 5.10 Å². The van der Waals surface area contributed by atoms with Gasteiger partial charge in [-0.25, -0.2) is 4.39 Å². The number of hydrogen-bond acceptors (Lipinski definition) is 3. The van der Waals surface area contributed by atoms with Crippen LogP contribution in [0.5, 0.6) is 0 Å². The highest BCUT2D eigenvalue weighted by atomic mass is 19.1. The number of nitrogens with two attached hydrogens (primary N) is 1. The van der Waals surface area contributed by atoms with Crippen LogP contribution < -0.4 is 5.73 Å². The van der Waals surface area contributed by atoms with E-state index in [0.29, 0.717) is 25.1 Å². The van der Waals surface area contributed by atoms with Gasteiger partial charge in [0.05, 0.1) is 12.3 Å². The van der Waals surface area contributed by atoms with Crippen LogP contribution in [0.2, 0.25) is 0 Å². The fraction of sp³-hybridized carbons (Fsp3) is 0.750. The van der Waals surface area contributed by atoms with Crippen molar-refractivity contribution in [3.63, 3.8) is 0 Å². The molecule has 0 bridgehead atoms. The molecule has 0 fully saturated rings. The van der Waals surface area contributed by atoms with Crippen LogP contribution in [0.4, 0.5) is 4.39 Å². The summed E-state index contributed by atoms with van der Waals surface area (Å²) in [7, 11) is 1.51. The number of alkyl halides is 1. The molecular formula is C12H22FN3O. The topological polar surface area (TPSA) is 53.1 Å². The second-order valence-electron chi connectivity index (χ2n) is 4.23. The number of hydrogen-bond donors (Lipinski definition) is 1. The van der Waals surface area contributed by atoms with E-state index in [1.54, 1.807) is 16.9 Å². The summed E-state index contributed by atoms with van der Waals surface area (Å²) in [4.78, 5) is 0. The number of ether oxygens (including phenoxy) is 1. The van der Waals surface area contributed by atoms with Gasteiger partial charge in [0.1, 0.15) is 0 Å². The first kappa shape index (κ1) is 14.1. The molecule has 1 atom stereocenters. The minimum absolute atomic E-state index is 0.0441. The average Bonchev–Trinajstić information content (AvgIpc) is 2.76. The van der Waals surface area contributed by atoms with Crippen molar-refractivity contribution in [3.05, 3.63) is 18.0 Å². The standard InChI is InChI=1S/C12H22FN3O/c1-3-9-16-11(5-8-15-16)12(13,10-17-2)6-4-7-14/h5,8H,3-4,6-7,9-10,14H2,1-2H3. The van der Waals surface area contributed by atoms with Crippen molar-refractivity contribution in [1.82, 2.24) is 9.78 Å². The first-order valence-electron chi connectivity index (χ1n) is 6.08. The van der Waals surface area contributed by atoms with E-state index in [4.69, 9.17) is 10.5 Å². The Balaban J connectivity index is 2.90. The Morgan fingerprint density at radius 1 is 1.59 bits per heavy atom. The molecule has 0 aliphatic rings. The Bertz CT molecular complexity index is 329. The second kappa shape index (κ2) is 6.71. The lowest BCUT2D eigenvalue weighted by atomic mass is 9.96. The lowest BCUT2D eigenvalue weighted by Crippen LogP contribution is -2.30. The predicted octanol–water partition coefficient (Wildman–Crippen LogP) is 1.84. The maximum absolute atomic E-state index is 14.9. The summed E-state index contributed by atoms with van der Waals surface area (Å²) >= 11 is 0. The van der Waals surface area contributed by atoms with E-state index >= 15 is 0 Å². The summed E-state index contributed by atoms with van der Waals surface area (Å²) in [5.74, 6) is 0. The van der Waals surface area contributed by atoms with Gasteiger partial charge in [-0.15, -0.1) is 0 Å². The summed E-state index contributed by atoms with van der Waals surface area (Å²) in [6.07, 6.45) is 3.57. The zero-order valence-corrected chi connectivity index (χ0v) is 10.7. The molecular weight excluding hydrogens is 221 g/mol. The largest absolute Gasteiger partial charge is 0.381 e. The van der Waals surface area contributed by atoms with Gasteiger partial charge in [0.15, 0.2) is 5.67 Å². The molecule has 0 saturated heterocycles. The molecule has 1 unspecified atom stereocenters. The smallest absolute Gasteiger partial charge is 0.175 e. The maximum Gasteiger partial charge on any atom is 0.175 e. The highest BCUT2D eigenvalue weighted by Crippen LogP contribution is 2.31. The molecule has 0 spiro atoms. The molecule has 1 rings (SSSR count). The minimum Gasteiger partial charge on any atom is -0.381 e. The summed E-state index contributed by atoms with van der Waals surface area (Å²) < 4.78 is 21.6. The molecule has 0 aliphatic carbocycles. The summed E-state index contributed by atoms with van der Waals surface area (Å²) in [6, 6.07) is 1.73. The molecule has 0 aromatic carbocycles. The number of halogens is 1. The van der Waals surface area contributed by atoms with E-state index in [0.717, 1.165) is 13.0 Å². The quantitative estimate of drug-likeness (QED) is 0.758. The predicted molar refractivity (Wildman–Crippen MR) is 65.5 cm³/mol. The third-order valence-corrected chi connectivity index (χ3v) is 2.76. The molecule has 0 saturated carbocycles. The molecule has 98 valence electrons. The Morgan fingerprint density at radius 2 is 2.35 bits per heavy atom. The molecule has 2 N–H and O–H groups in total. The zero-order valence-electron chi connectivity index (χ0n) is 10.7. The number of aromatic nitrogens is 2. The lowest BCUT2D eigenvalue weighted by Gasteiger charge is -2.25. The van der Waals surface area contributed by atoms with Crippen molar-refractivity contribution in [1.29, 1.82) is 0 Å². The number of nitrogens with zero attached hydrogens (tertiary/aromatic N) is 2. The SMILES string of the molecule is CCCn1nccc1C(F)(CCCN)COC. The van der Waals surface area contributed by atoms with E-state index in [9.17, 15) is 4.39 Å². The highest BCUT2D eigenvalue weighted by Gasteiger charge is 2.34. The molecule has 0 radical (unpaired) electrons. The Morgan fingerprint density at radius 3 is 2.94 bits per heavy atom. The van der Waals surface area contributed by atoms with Crippen LogP contribution in [0, 0.1) is 0 Å². The first-order chi connectivity index (χ1) is 8.18. The summed E-state index contributed by atoms with van der Waals surface area (Å²) in [6.45, 7) is 3.29. The van der Waals surface area contributed by atoms with Gasteiger partial charge in [-0.3, -0.25) is 4.68 Å². The van der Waals surface area contributed by atoms with Crippen LogP contribution in [-0.4, -0.2) is 30.0 Å². The number of aryl methyl sites for hydroxylation is 1. The van der Waals surface area contributed by atoms with Crippen LogP contribution in [-0.2, 0) is 17.0 Å². The Hall–Kier alpha value is -0.940. The summed E-state index contributed by atoms with van der Waals surface area (Å²) in [5.41, 5.74) is 4.56. The molecule has 5 heteroatoms. The van der Waals surface area contributed by atoms with Gasteiger partial charge in [0.2, 0.25) is 0 Å². The van der Waals surface area contributed by atoms with Crippen molar-refractivity contribution in [3.8, 4) is 0 Å². The van der Waals surface area contributed by atoms with Crippen molar-refractivity contribution >= 4 is 0 Å². The Kier molecular flexibility index (Phi) is 5.58. The van der Waals surface area contributed by atoms with E-state index in [-0.39, 0.29) is 6.61 Å². The second-order valence-corrected chi connectivity index (χ2v) is 4.23. The third-order valence-electron chi connectivity index (χ3n) is 2.76. The molecule has 0 aliphatic heterocycles. The third kappa shape index (κ3) is 3.51. The van der Waals surface area contributed by atoms with Crippen LogP contribution >= 0.6 is 0 Å². The van der Waals surface area contributed by atoms with Crippen molar-refractivity contribution in [2.75, 3.05) is 20.3 Å². The molecule has 0 amide bonds. The van der Waals surface area contributed by atoms with E-state index < -0.39 is 5.67 Å². The monoisotopic (exact) mass is 243 g/mol. The molecule has 1 aromatic rings. The van der Waals surface area contributed by atoms with Crippen LogP contribution in [0.25, 0.3) is 0 Å². The molecule has 4 nitrogen and oxygen atoms in total. The maximum atomic E-state index is 14.9. The number of methoxy groups -OCH3 is 1. The first-order valence-corrected chi connectivity index (χ1v) is 6.08. The van der Waals surface area contributed by atoms with Gasteiger partial charge in [-0.05, 0) is 31.9 Å². The number of rotatable bonds is 8. The van der Waals surface area contributed by atoms with E-state index in [1.165, 1.54) is 7.11 Å². The normalized spacial score (nSPS) is 14.8. The average molecular weight is 243 g/mol. The lowest BCUT2D eigenvalue weighted by molar-refractivity contribution is 0.0235.